The molecule has 3 atom stereocenters. The van der Waals surface area contributed by atoms with Crippen LogP contribution < -0.4 is 0 Å². The van der Waals surface area contributed by atoms with E-state index in [9.17, 15) is 0 Å². The lowest BCUT2D eigenvalue weighted by molar-refractivity contribution is 0.123. The van der Waals surface area contributed by atoms with Crippen LogP contribution in [0.5, 0.6) is 0 Å². The van der Waals surface area contributed by atoms with Gasteiger partial charge < -0.3 is 4.43 Å². The summed E-state index contributed by atoms with van der Waals surface area (Å²) in [6, 6.07) is 20.1. The van der Waals surface area contributed by atoms with Crippen LogP contribution in [0.4, 0.5) is 0 Å². The SMILES string of the molecule is C=C1C(c2ccccc2)=C([Si](C)(C)C)C[C@]2(C)c3ccccc3[C@H](O[Si](C)(C)C)C[C@@H]12. The second-order valence-electron chi connectivity index (χ2n) is 11.7. The van der Waals surface area contributed by atoms with Crippen LogP contribution in [0.25, 0.3) is 5.57 Å². The highest BCUT2D eigenvalue weighted by Gasteiger charge is 2.50. The van der Waals surface area contributed by atoms with Crippen molar-refractivity contribution in [3.05, 3.63) is 88.6 Å². The monoisotopic (exact) mass is 446 g/mol. The van der Waals surface area contributed by atoms with E-state index < -0.39 is 16.4 Å². The number of hydrogen-bond acceptors (Lipinski definition) is 1. The van der Waals surface area contributed by atoms with Crippen molar-refractivity contribution in [1.82, 2.24) is 0 Å². The molecule has 0 fully saturated rings. The predicted octanol–water partition coefficient (Wildman–Crippen LogP) is 8.15. The molecule has 0 saturated heterocycles. The molecule has 0 saturated carbocycles. The summed E-state index contributed by atoms with van der Waals surface area (Å²) < 4.78 is 6.77. The van der Waals surface area contributed by atoms with E-state index in [1.807, 2.05) is 0 Å². The van der Waals surface area contributed by atoms with Gasteiger partial charge in [-0.25, -0.2) is 0 Å². The number of hydrogen-bond donors (Lipinski definition) is 0. The van der Waals surface area contributed by atoms with Gasteiger partial charge in [0.2, 0.25) is 0 Å². The summed E-state index contributed by atoms with van der Waals surface area (Å²) in [6.45, 7) is 21.7. The molecule has 0 unspecified atom stereocenters. The molecule has 164 valence electrons. The van der Waals surface area contributed by atoms with Gasteiger partial charge in [0.15, 0.2) is 8.32 Å². The molecule has 2 aromatic carbocycles. The summed E-state index contributed by atoms with van der Waals surface area (Å²) in [5.74, 6) is 0.402. The van der Waals surface area contributed by atoms with E-state index in [4.69, 9.17) is 11.0 Å². The summed E-state index contributed by atoms with van der Waals surface area (Å²) in [6.07, 6.45) is 2.34. The van der Waals surface area contributed by atoms with Crippen LogP contribution >= 0.6 is 0 Å². The normalized spacial score (nSPS) is 26.5. The topological polar surface area (TPSA) is 9.23 Å². The quantitative estimate of drug-likeness (QED) is 0.430. The van der Waals surface area contributed by atoms with E-state index in [2.05, 4.69) is 101 Å². The maximum absolute atomic E-state index is 6.77. The number of fused-ring (bicyclic) bond motifs is 3. The fourth-order valence-electron chi connectivity index (χ4n) is 5.80. The van der Waals surface area contributed by atoms with E-state index >= 15 is 0 Å². The van der Waals surface area contributed by atoms with Crippen molar-refractivity contribution in [3.8, 4) is 0 Å². The molecule has 0 heterocycles. The first kappa shape index (κ1) is 22.5. The van der Waals surface area contributed by atoms with Crippen LogP contribution in [-0.4, -0.2) is 16.4 Å². The predicted molar refractivity (Wildman–Crippen MR) is 140 cm³/mol. The number of benzene rings is 2. The van der Waals surface area contributed by atoms with Crippen LogP contribution in [-0.2, 0) is 9.84 Å². The average molecular weight is 447 g/mol. The van der Waals surface area contributed by atoms with Gasteiger partial charge >= 0.3 is 0 Å². The summed E-state index contributed by atoms with van der Waals surface area (Å²) in [5.41, 5.74) is 7.10. The average Bonchev–Trinajstić information content (AvgIpc) is 2.68. The van der Waals surface area contributed by atoms with E-state index in [1.165, 1.54) is 27.8 Å². The second kappa shape index (κ2) is 7.72. The Morgan fingerprint density at radius 3 is 2.13 bits per heavy atom. The largest absolute Gasteiger partial charge is 0.411 e. The molecule has 0 amide bonds. The van der Waals surface area contributed by atoms with Gasteiger partial charge in [0.1, 0.15) is 0 Å². The molecular formula is C28H38OSi2. The molecule has 2 aliphatic rings. The lowest BCUT2D eigenvalue weighted by Gasteiger charge is -2.53. The van der Waals surface area contributed by atoms with E-state index in [0.29, 0.717) is 5.92 Å². The standard InChI is InChI=1S/C28H38OSi2/c1-20-24-18-25(29-31(6,7)8)22-16-12-13-17-23(22)28(24,2)19-26(30(3,4)5)27(20)21-14-10-9-11-15-21/h9-17,24-25H,1,18-19H2,2-8H3/t24-,25+,28+/m0/s1. The maximum atomic E-state index is 6.77. The highest BCUT2D eigenvalue weighted by molar-refractivity contribution is 6.84. The first-order chi connectivity index (χ1) is 14.4. The van der Waals surface area contributed by atoms with Gasteiger partial charge in [0.05, 0.1) is 14.2 Å². The van der Waals surface area contributed by atoms with Gasteiger partial charge in [-0.3, -0.25) is 0 Å². The molecule has 2 aliphatic carbocycles. The van der Waals surface area contributed by atoms with Crippen molar-refractivity contribution in [2.45, 2.75) is 70.6 Å². The lowest BCUT2D eigenvalue weighted by atomic mass is 9.56. The molecule has 0 aliphatic heterocycles. The Balaban J connectivity index is 1.92. The molecule has 2 aromatic rings. The molecule has 3 heteroatoms. The van der Waals surface area contributed by atoms with Crippen molar-refractivity contribution >= 4 is 22.0 Å². The fourth-order valence-corrected chi connectivity index (χ4v) is 8.83. The third kappa shape index (κ3) is 4.08. The number of rotatable bonds is 4. The molecule has 0 aromatic heterocycles. The minimum absolute atomic E-state index is 0.0842. The summed E-state index contributed by atoms with van der Waals surface area (Å²) >= 11 is 0. The van der Waals surface area contributed by atoms with E-state index in [1.54, 1.807) is 5.20 Å². The Morgan fingerprint density at radius 1 is 0.903 bits per heavy atom. The first-order valence-corrected chi connectivity index (χ1v) is 18.6. The van der Waals surface area contributed by atoms with Crippen LogP contribution in [0.1, 0.15) is 42.6 Å². The molecule has 31 heavy (non-hydrogen) atoms. The van der Waals surface area contributed by atoms with Crippen molar-refractivity contribution in [2.75, 3.05) is 0 Å². The van der Waals surface area contributed by atoms with E-state index in [0.717, 1.165) is 12.8 Å². The minimum atomic E-state index is -1.68. The molecule has 0 bridgehead atoms. The van der Waals surface area contributed by atoms with Crippen molar-refractivity contribution in [2.24, 2.45) is 5.92 Å². The summed E-state index contributed by atoms with van der Waals surface area (Å²) in [7, 11) is -3.22. The Labute approximate surface area is 191 Å². The fraction of sp³-hybridized carbons (Fsp3) is 0.429. The molecule has 0 spiro atoms. The summed E-state index contributed by atoms with van der Waals surface area (Å²) in [5, 5.41) is 1.67. The molecule has 0 N–H and O–H groups in total. The van der Waals surface area contributed by atoms with Crippen LogP contribution in [0.2, 0.25) is 39.3 Å². The van der Waals surface area contributed by atoms with Crippen LogP contribution in [0.3, 0.4) is 0 Å². The van der Waals surface area contributed by atoms with Crippen LogP contribution in [0.15, 0.2) is 71.9 Å². The van der Waals surface area contributed by atoms with Gasteiger partial charge in [-0.15, -0.1) is 0 Å². The smallest absolute Gasteiger partial charge is 0.184 e. The van der Waals surface area contributed by atoms with Crippen molar-refractivity contribution < 1.29 is 4.43 Å². The highest BCUT2D eigenvalue weighted by Crippen LogP contribution is 2.59. The Bertz CT molecular complexity index is 1020. The zero-order chi connectivity index (χ0) is 22.6. The van der Waals surface area contributed by atoms with Gasteiger partial charge in [0, 0.05) is 5.41 Å². The number of allylic oxidation sites excluding steroid dienone is 3. The third-order valence-electron chi connectivity index (χ3n) is 7.19. The zero-order valence-electron chi connectivity index (χ0n) is 20.4. The van der Waals surface area contributed by atoms with Crippen molar-refractivity contribution in [3.63, 3.8) is 0 Å². The Kier molecular flexibility index (Phi) is 5.60. The van der Waals surface area contributed by atoms with Gasteiger partial charge in [-0.1, -0.05) is 92.9 Å². The second-order valence-corrected chi connectivity index (χ2v) is 21.2. The van der Waals surface area contributed by atoms with Gasteiger partial charge in [-0.05, 0) is 66.2 Å². The zero-order valence-corrected chi connectivity index (χ0v) is 22.4. The van der Waals surface area contributed by atoms with E-state index in [-0.39, 0.29) is 11.5 Å². The summed E-state index contributed by atoms with van der Waals surface area (Å²) in [4.78, 5) is 0. The molecule has 1 nitrogen and oxygen atoms in total. The molecule has 0 radical (unpaired) electrons. The molecular weight excluding hydrogens is 408 g/mol. The van der Waals surface area contributed by atoms with Gasteiger partial charge in [-0.2, -0.15) is 0 Å². The first-order valence-electron chi connectivity index (χ1n) is 11.7. The highest BCUT2D eigenvalue weighted by atomic mass is 28.4. The Hall–Kier alpha value is -1.69. The Morgan fingerprint density at radius 2 is 1.52 bits per heavy atom. The maximum Gasteiger partial charge on any atom is 0.184 e. The molecule has 4 rings (SSSR count). The minimum Gasteiger partial charge on any atom is -0.411 e. The van der Waals surface area contributed by atoms with Crippen LogP contribution in [0, 0.1) is 5.92 Å². The van der Waals surface area contributed by atoms with Crippen molar-refractivity contribution in [1.29, 1.82) is 0 Å². The van der Waals surface area contributed by atoms with Gasteiger partial charge in [0.25, 0.3) is 0 Å². The lowest BCUT2D eigenvalue weighted by Crippen LogP contribution is -2.46. The third-order valence-corrected chi connectivity index (χ3v) is 10.4.